The number of aromatic nitrogens is 5. The number of nitrogens with zero attached hydrogens (tertiary/aromatic N) is 4. The molecule has 4 rings (SSSR count). The summed E-state index contributed by atoms with van der Waals surface area (Å²) in [6, 6.07) is 5.63. The SMILES string of the molecule is O=c1[nH]c(-c2cn(CCO)cn2)nc2c(-c3ccccn3)csc12. The van der Waals surface area contributed by atoms with Gasteiger partial charge in [0.1, 0.15) is 10.4 Å². The van der Waals surface area contributed by atoms with Gasteiger partial charge in [0.05, 0.1) is 24.1 Å². The van der Waals surface area contributed by atoms with Gasteiger partial charge in [0, 0.05) is 29.9 Å². The van der Waals surface area contributed by atoms with Crippen LogP contribution in [0.5, 0.6) is 0 Å². The van der Waals surface area contributed by atoms with Gasteiger partial charge in [0.2, 0.25) is 0 Å². The molecule has 8 heteroatoms. The van der Waals surface area contributed by atoms with Crippen LogP contribution in [-0.4, -0.2) is 36.2 Å². The van der Waals surface area contributed by atoms with Crippen molar-refractivity contribution in [2.75, 3.05) is 6.61 Å². The van der Waals surface area contributed by atoms with Crippen LogP contribution in [0, 0.1) is 0 Å². The molecule has 0 saturated carbocycles. The van der Waals surface area contributed by atoms with E-state index in [4.69, 9.17) is 5.11 Å². The predicted octanol–water partition coefficient (Wildman–Crippen LogP) is 1.90. The number of rotatable bonds is 4. The molecule has 0 radical (unpaired) electrons. The third-order valence-electron chi connectivity index (χ3n) is 3.60. The van der Waals surface area contributed by atoms with Gasteiger partial charge < -0.3 is 14.7 Å². The molecule has 24 heavy (non-hydrogen) atoms. The van der Waals surface area contributed by atoms with Gasteiger partial charge in [-0.1, -0.05) is 6.07 Å². The lowest BCUT2D eigenvalue weighted by Crippen LogP contribution is -2.08. The van der Waals surface area contributed by atoms with Crippen molar-refractivity contribution in [3.63, 3.8) is 0 Å². The average Bonchev–Trinajstić information content (AvgIpc) is 3.23. The van der Waals surface area contributed by atoms with E-state index in [0.29, 0.717) is 28.3 Å². The van der Waals surface area contributed by atoms with Gasteiger partial charge in [-0.3, -0.25) is 9.78 Å². The van der Waals surface area contributed by atoms with Gasteiger partial charge >= 0.3 is 0 Å². The van der Waals surface area contributed by atoms with Crippen LogP contribution in [0.25, 0.3) is 33.0 Å². The zero-order chi connectivity index (χ0) is 16.5. The minimum atomic E-state index is -0.195. The Kier molecular flexibility index (Phi) is 3.68. The summed E-state index contributed by atoms with van der Waals surface area (Å²) in [6.45, 7) is 0.463. The van der Waals surface area contributed by atoms with Gasteiger partial charge in [-0.15, -0.1) is 11.3 Å². The predicted molar refractivity (Wildman–Crippen MR) is 91.8 cm³/mol. The first kappa shape index (κ1) is 14.7. The Balaban J connectivity index is 1.87. The van der Waals surface area contributed by atoms with Gasteiger partial charge in [0.15, 0.2) is 5.82 Å². The number of aliphatic hydroxyl groups excluding tert-OH is 1. The van der Waals surface area contributed by atoms with Crippen molar-refractivity contribution < 1.29 is 5.11 Å². The van der Waals surface area contributed by atoms with Crippen LogP contribution >= 0.6 is 11.3 Å². The number of pyridine rings is 1. The lowest BCUT2D eigenvalue weighted by Gasteiger charge is -2.00. The number of aromatic amines is 1. The summed E-state index contributed by atoms with van der Waals surface area (Å²) in [6.07, 6.45) is 5.06. The molecule has 2 N–H and O–H groups in total. The molecule has 0 aliphatic heterocycles. The van der Waals surface area contributed by atoms with Crippen molar-refractivity contribution in [3.8, 4) is 22.8 Å². The topological polar surface area (TPSA) is 96.7 Å². The van der Waals surface area contributed by atoms with E-state index in [9.17, 15) is 4.79 Å². The first-order valence-corrected chi connectivity index (χ1v) is 8.20. The molecule has 0 aliphatic carbocycles. The van der Waals surface area contributed by atoms with Crippen LogP contribution < -0.4 is 5.56 Å². The Morgan fingerprint density at radius 2 is 2.17 bits per heavy atom. The molecule has 0 atom stereocenters. The molecular formula is C16H13N5O2S. The van der Waals surface area contributed by atoms with Crippen molar-refractivity contribution in [3.05, 3.63) is 52.7 Å². The molecule has 4 aromatic heterocycles. The molecule has 4 aromatic rings. The lowest BCUT2D eigenvalue weighted by atomic mass is 10.2. The first-order valence-electron chi connectivity index (χ1n) is 7.32. The zero-order valence-electron chi connectivity index (χ0n) is 12.5. The van der Waals surface area contributed by atoms with Crippen molar-refractivity contribution >= 4 is 21.6 Å². The molecule has 0 saturated heterocycles. The Morgan fingerprint density at radius 3 is 2.96 bits per heavy atom. The van der Waals surface area contributed by atoms with E-state index >= 15 is 0 Å². The number of nitrogens with one attached hydrogen (secondary N) is 1. The molecule has 0 aliphatic rings. The van der Waals surface area contributed by atoms with Gasteiger partial charge in [0.25, 0.3) is 5.56 Å². The first-order chi connectivity index (χ1) is 11.8. The minimum absolute atomic E-state index is 0.0210. The van der Waals surface area contributed by atoms with Crippen molar-refractivity contribution in [1.82, 2.24) is 24.5 Å². The molecule has 7 nitrogen and oxygen atoms in total. The highest BCUT2D eigenvalue weighted by molar-refractivity contribution is 7.17. The van der Waals surface area contributed by atoms with E-state index in [1.807, 2.05) is 23.6 Å². The van der Waals surface area contributed by atoms with Gasteiger partial charge in [-0.05, 0) is 12.1 Å². The molecule has 4 heterocycles. The smallest absolute Gasteiger partial charge is 0.269 e. The van der Waals surface area contributed by atoms with Gasteiger partial charge in [-0.25, -0.2) is 9.97 Å². The maximum atomic E-state index is 12.4. The highest BCUT2D eigenvalue weighted by Gasteiger charge is 2.15. The van der Waals surface area contributed by atoms with E-state index in [2.05, 4.69) is 19.9 Å². The number of aliphatic hydroxyl groups is 1. The summed E-state index contributed by atoms with van der Waals surface area (Å²) < 4.78 is 2.31. The highest BCUT2D eigenvalue weighted by Crippen LogP contribution is 2.30. The summed E-state index contributed by atoms with van der Waals surface area (Å²) in [5, 5.41) is 10.9. The molecule has 0 fully saturated rings. The summed E-state index contributed by atoms with van der Waals surface area (Å²) >= 11 is 1.35. The van der Waals surface area contributed by atoms with Crippen LogP contribution in [0.2, 0.25) is 0 Å². The van der Waals surface area contributed by atoms with Crippen molar-refractivity contribution in [1.29, 1.82) is 0 Å². The summed E-state index contributed by atoms with van der Waals surface area (Å²) in [4.78, 5) is 28.3. The molecule has 0 bridgehead atoms. The second kappa shape index (κ2) is 5.99. The minimum Gasteiger partial charge on any atom is -0.395 e. The average molecular weight is 339 g/mol. The van der Waals surface area contributed by atoms with E-state index in [-0.39, 0.29) is 12.2 Å². The summed E-state index contributed by atoms with van der Waals surface area (Å²) in [7, 11) is 0. The number of fused-ring (bicyclic) bond motifs is 1. The monoisotopic (exact) mass is 339 g/mol. The fourth-order valence-electron chi connectivity index (χ4n) is 2.47. The fourth-order valence-corrected chi connectivity index (χ4v) is 3.37. The van der Waals surface area contributed by atoms with Crippen molar-refractivity contribution in [2.45, 2.75) is 6.54 Å². The largest absolute Gasteiger partial charge is 0.395 e. The zero-order valence-corrected chi connectivity index (χ0v) is 13.3. The Bertz CT molecular complexity index is 1050. The van der Waals surface area contributed by atoms with Crippen molar-refractivity contribution in [2.24, 2.45) is 0 Å². The van der Waals surface area contributed by atoms with E-state index in [1.165, 1.54) is 11.3 Å². The molecule has 0 amide bonds. The van der Waals surface area contributed by atoms with E-state index < -0.39 is 0 Å². The standard InChI is InChI=1S/C16H13N5O2S/c22-6-5-21-7-12(18-9-21)15-19-13-10(11-3-1-2-4-17-11)8-24-14(13)16(23)20-15/h1-4,7-9,22H,5-6H2,(H,19,20,23). The Labute approximate surface area is 140 Å². The lowest BCUT2D eigenvalue weighted by molar-refractivity contribution is 0.276. The van der Waals surface area contributed by atoms with E-state index in [0.717, 1.165) is 11.3 Å². The van der Waals surface area contributed by atoms with Gasteiger partial charge in [-0.2, -0.15) is 0 Å². The summed E-state index contributed by atoms with van der Waals surface area (Å²) in [5.41, 5.74) is 2.59. The van der Waals surface area contributed by atoms with Crippen LogP contribution in [0.4, 0.5) is 0 Å². The number of hydrogen-bond donors (Lipinski definition) is 2. The molecule has 0 unspecified atom stereocenters. The third kappa shape index (κ3) is 2.51. The maximum absolute atomic E-state index is 12.4. The molecule has 0 spiro atoms. The van der Waals surface area contributed by atoms with E-state index in [1.54, 1.807) is 23.3 Å². The number of imidazole rings is 1. The molecule has 120 valence electrons. The number of H-pyrrole nitrogens is 1. The molecular weight excluding hydrogens is 326 g/mol. The maximum Gasteiger partial charge on any atom is 0.269 e. The highest BCUT2D eigenvalue weighted by atomic mass is 32.1. The summed E-state index contributed by atoms with van der Waals surface area (Å²) in [5.74, 6) is 0.403. The second-order valence-corrected chi connectivity index (χ2v) is 6.06. The van der Waals surface area contributed by atoms with Crippen LogP contribution in [-0.2, 0) is 6.54 Å². The van der Waals surface area contributed by atoms with Crippen LogP contribution in [0.3, 0.4) is 0 Å². The number of thiophene rings is 1. The Hall–Kier alpha value is -2.84. The number of hydrogen-bond acceptors (Lipinski definition) is 6. The third-order valence-corrected chi connectivity index (χ3v) is 4.57. The normalized spacial score (nSPS) is 11.2. The Morgan fingerprint density at radius 1 is 1.25 bits per heavy atom. The second-order valence-electron chi connectivity index (χ2n) is 5.18. The fraction of sp³-hybridized carbons (Fsp3) is 0.125. The quantitative estimate of drug-likeness (QED) is 0.592. The van der Waals surface area contributed by atoms with Crippen LogP contribution in [0.15, 0.2) is 47.1 Å². The molecule has 0 aromatic carbocycles. The van der Waals surface area contributed by atoms with Crippen LogP contribution in [0.1, 0.15) is 0 Å².